The van der Waals surface area contributed by atoms with E-state index in [0.717, 1.165) is 10.0 Å². The molecule has 0 unspecified atom stereocenters. The van der Waals surface area contributed by atoms with Crippen molar-refractivity contribution in [1.29, 1.82) is 0 Å². The van der Waals surface area contributed by atoms with Crippen molar-refractivity contribution in [3.63, 3.8) is 0 Å². The lowest BCUT2D eigenvalue weighted by Crippen LogP contribution is -2.32. The highest BCUT2D eigenvalue weighted by Crippen LogP contribution is 2.24. The number of halogens is 2. The third-order valence-electron chi connectivity index (χ3n) is 3.38. The third-order valence-corrected chi connectivity index (χ3v) is 4.11. The molecule has 2 N–H and O–H groups in total. The summed E-state index contributed by atoms with van der Waals surface area (Å²) in [6.45, 7) is 0. The molecule has 0 bridgehead atoms. The number of anilines is 1. The molecule has 27 heavy (non-hydrogen) atoms. The van der Waals surface area contributed by atoms with Gasteiger partial charge in [0.2, 0.25) is 0 Å². The van der Waals surface area contributed by atoms with Crippen LogP contribution in [0.3, 0.4) is 0 Å². The van der Waals surface area contributed by atoms with Crippen molar-refractivity contribution in [2.45, 2.75) is 0 Å². The van der Waals surface area contributed by atoms with Gasteiger partial charge in [-0.05, 0) is 42.5 Å². The number of carbonyl (C=O) groups excluding carboxylic acids is 2. The molecule has 6 nitrogen and oxygen atoms in total. The Labute approximate surface area is 168 Å². The maximum absolute atomic E-state index is 11.8. The highest BCUT2D eigenvalue weighted by molar-refractivity contribution is 9.10. The molecular formula is C19H13BrClN3O3. The fourth-order valence-electron chi connectivity index (χ4n) is 2.18. The van der Waals surface area contributed by atoms with Crippen LogP contribution in [0.5, 0.6) is 0 Å². The lowest BCUT2D eigenvalue weighted by atomic mass is 10.2. The average Bonchev–Trinajstić information content (AvgIpc) is 3.10. The van der Waals surface area contributed by atoms with E-state index in [2.05, 4.69) is 31.8 Å². The molecule has 136 valence electrons. The summed E-state index contributed by atoms with van der Waals surface area (Å²) in [6, 6.07) is 17.6. The highest BCUT2D eigenvalue weighted by atomic mass is 79.9. The Hall–Kier alpha value is -2.90. The Kier molecular flexibility index (Phi) is 6.05. The van der Waals surface area contributed by atoms with E-state index in [0.29, 0.717) is 22.2 Å². The number of hydrogen-bond acceptors (Lipinski definition) is 4. The predicted molar refractivity (Wildman–Crippen MR) is 108 cm³/mol. The molecule has 0 aliphatic heterocycles. The number of nitrogens with one attached hydrogen (secondary N) is 2. The number of hydrogen-bond donors (Lipinski definition) is 2. The maximum Gasteiger partial charge on any atom is 0.329 e. The van der Waals surface area contributed by atoms with Crippen molar-refractivity contribution in [2.24, 2.45) is 5.10 Å². The molecule has 8 heteroatoms. The van der Waals surface area contributed by atoms with Gasteiger partial charge in [0.05, 0.1) is 6.21 Å². The first-order valence-electron chi connectivity index (χ1n) is 7.77. The van der Waals surface area contributed by atoms with Crippen molar-refractivity contribution in [2.75, 3.05) is 5.32 Å². The van der Waals surface area contributed by atoms with E-state index >= 15 is 0 Å². The van der Waals surface area contributed by atoms with E-state index in [9.17, 15) is 9.59 Å². The van der Waals surface area contributed by atoms with Gasteiger partial charge < -0.3 is 9.73 Å². The van der Waals surface area contributed by atoms with Crippen molar-refractivity contribution >= 4 is 51.2 Å². The average molecular weight is 447 g/mol. The van der Waals surface area contributed by atoms with Gasteiger partial charge >= 0.3 is 11.8 Å². The molecular weight excluding hydrogens is 434 g/mol. The van der Waals surface area contributed by atoms with Crippen LogP contribution in [0.4, 0.5) is 5.69 Å². The number of nitrogens with zero attached hydrogens (tertiary/aromatic N) is 1. The second kappa shape index (κ2) is 8.66. The minimum Gasteiger partial charge on any atom is -0.455 e. The smallest absolute Gasteiger partial charge is 0.329 e. The Morgan fingerprint density at radius 2 is 1.85 bits per heavy atom. The van der Waals surface area contributed by atoms with Crippen LogP contribution >= 0.6 is 27.5 Å². The second-order valence-electron chi connectivity index (χ2n) is 5.38. The number of amides is 2. The third kappa shape index (κ3) is 5.29. The number of carbonyl (C=O) groups is 2. The van der Waals surface area contributed by atoms with E-state index in [1.54, 1.807) is 48.5 Å². The molecule has 1 aromatic heterocycles. The summed E-state index contributed by atoms with van der Waals surface area (Å²) in [4.78, 5) is 23.6. The summed E-state index contributed by atoms with van der Waals surface area (Å²) >= 11 is 9.25. The molecule has 0 spiro atoms. The van der Waals surface area contributed by atoms with Crippen LogP contribution in [0.25, 0.3) is 11.3 Å². The summed E-state index contributed by atoms with van der Waals surface area (Å²) in [5.74, 6) is -0.701. The number of hydrazone groups is 1. The van der Waals surface area contributed by atoms with E-state index in [1.165, 1.54) is 6.21 Å². The molecule has 0 saturated heterocycles. The Morgan fingerprint density at radius 1 is 1.04 bits per heavy atom. The molecule has 0 aliphatic carbocycles. The summed E-state index contributed by atoms with van der Waals surface area (Å²) in [6.07, 6.45) is 1.30. The van der Waals surface area contributed by atoms with Gasteiger partial charge in [-0.1, -0.05) is 45.7 Å². The SMILES string of the molecule is O=C(N/N=C/c1ccc(-c2cccc(Cl)c2)o1)C(=O)Nc1cccc(Br)c1. The minimum atomic E-state index is -0.896. The van der Waals surface area contributed by atoms with Gasteiger partial charge in [-0.2, -0.15) is 5.10 Å². The molecule has 0 radical (unpaired) electrons. The van der Waals surface area contributed by atoms with Gasteiger partial charge in [0.25, 0.3) is 0 Å². The molecule has 0 fully saturated rings. The fourth-order valence-corrected chi connectivity index (χ4v) is 2.77. The number of benzene rings is 2. The molecule has 3 rings (SSSR count). The monoisotopic (exact) mass is 445 g/mol. The molecule has 2 amide bonds. The molecule has 3 aromatic rings. The Bertz CT molecular complexity index is 1020. The van der Waals surface area contributed by atoms with Gasteiger partial charge in [0.15, 0.2) is 0 Å². The zero-order valence-corrected chi connectivity index (χ0v) is 16.1. The maximum atomic E-state index is 11.8. The summed E-state index contributed by atoms with van der Waals surface area (Å²) < 4.78 is 6.40. The van der Waals surface area contributed by atoms with Crippen LogP contribution in [0.2, 0.25) is 5.02 Å². The zero-order chi connectivity index (χ0) is 19.2. The molecule has 1 heterocycles. The van der Waals surface area contributed by atoms with Crippen LogP contribution in [-0.4, -0.2) is 18.0 Å². The van der Waals surface area contributed by atoms with Crippen LogP contribution in [0, 0.1) is 0 Å². The van der Waals surface area contributed by atoms with Gasteiger partial charge in [-0.15, -0.1) is 0 Å². The Balaban J connectivity index is 1.57. The summed E-state index contributed by atoms with van der Waals surface area (Å²) in [5.41, 5.74) is 3.46. The van der Waals surface area contributed by atoms with Crippen LogP contribution in [0.15, 0.2) is 74.7 Å². The number of rotatable bonds is 4. The van der Waals surface area contributed by atoms with Crippen molar-refractivity contribution in [3.8, 4) is 11.3 Å². The number of furan rings is 1. The van der Waals surface area contributed by atoms with Crippen LogP contribution in [0.1, 0.15) is 5.76 Å². The normalized spacial score (nSPS) is 10.7. The quantitative estimate of drug-likeness (QED) is 0.353. The van der Waals surface area contributed by atoms with Gasteiger partial charge in [-0.25, -0.2) is 5.43 Å². The van der Waals surface area contributed by atoms with E-state index in [4.69, 9.17) is 16.0 Å². The summed E-state index contributed by atoms with van der Waals surface area (Å²) in [5, 5.41) is 6.80. The van der Waals surface area contributed by atoms with E-state index in [-0.39, 0.29) is 0 Å². The largest absolute Gasteiger partial charge is 0.455 e. The highest BCUT2D eigenvalue weighted by Gasteiger charge is 2.13. The molecule has 0 saturated carbocycles. The molecule has 0 aliphatic rings. The minimum absolute atomic E-state index is 0.415. The molecule has 0 atom stereocenters. The molecule has 2 aromatic carbocycles. The van der Waals surface area contributed by atoms with Gasteiger partial charge in [0.1, 0.15) is 11.5 Å². The topological polar surface area (TPSA) is 83.7 Å². The van der Waals surface area contributed by atoms with Crippen molar-refractivity contribution in [3.05, 3.63) is 75.9 Å². The van der Waals surface area contributed by atoms with Crippen molar-refractivity contribution in [1.82, 2.24) is 5.43 Å². The lowest BCUT2D eigenvalue weighted by Gasteiger charge is -2.03. The van der Waals surface area contributed by atoms with Crippen LogP contribution < -0.4 is 10.7 Å². The van der Waals surface area contributed by atoms with Gasteiger partial charge in [0, 0.05) is 20.7 Å². The Morgan fingerprint density at radius 3 is 2.63 bits per heavy atom. The first-order chi connectivity index (χ1) is 13.0. The van der Waals surface area contributed by atoms with Gasteiger partial charge in [-0.3, -0.25) is 9.59 Å². The summed E-state index contributed by atoms with van der Waals surface area (Å²) in [7, 11) is 0. The van der Waals surface area contributed by atoms with E-state index in [1.807, 2.05) is 12.1 Å². The lowest BCUT2D eigenvalue weighted by molar-refractivity contribution is -0.136. The fraction of sp³-hybridized carbons (Fsp3) is 0. The zero-order valence-electron chi connectivity index (χ0n) is 13.8. The second-order valence-corrected chi connectivity index (χ2v) is 6.73. The first-order valence-corrected chi connectivity index (χ1v) is 8.94. The first kappa shape index (κ1) is 18.9. The van der Waals surface area contributed by atoms with Crippen molar-refractivity contribution < 1.29 is 14.0 Å². The standard InChI is InChI=1S/C19H13BrClN3O3/c20-13-4-2-6-15(10-13)23-18(25)19(26)24-22-11-16-7-8-17(27-16)12-3-1-5-14(21)9-12/h1-11H,(H,23,25)(H,24,26)/b22-11+. The predicted octanol–water partition coefficient (Wildman–Crippen LogP) is 4.45. The van der Waals surface area contributed by atoms with E-state index < -0.39 is 11.8 Å². The van der Waals surface area contributed by atoms with Crippen LogP contribution in [-0.2, 0) is 9.59 Å².